The van der Waals surface area contributed by atoms with Gasteiger partial charge in [0.25, 0.3) is 0 Å². The molecule has 0 aliphatic carbocycles. The van der Waals surface area contributed by atoms with Gasteiger partial charge in [0.15, 0.2) is 0 Å². The van der Waals surface area contributed by atoms with E-state index in [9.17, 15) is 5.11 Å². The van der Waals surface area contributed by atoms with E-state index in [1.54, 1.807) is 13.0 Å². The van der Waals surface area contributed by atoms with Crippen molar-refractivity contribution in [3.63, 3.8) is 0 Å². The molecule has 0 radical (unpaired) electrons. The monoisotopic (exact) mass is 306 g/mol. The third-order valence-corrected chi connectivity index (χ3v) is 4.29. The van der Waals surface area contributed by atoms with E-state index >= 15 is 0 Å². The normalized spacial score (nSPS) is 14.4. The third kappa shape index (κ3) is 3.66. The lowest BCUT2D eigenvalue weighted by atomic mass is 9.91. The molecule has 3 nitrogen and oxygen atoms in total. The maximum Gasteiger partial charge on any atom is 0.0938 e. The van der Waals surface area contributed by atoms with Crippen molar-refractivity contribution in [2.75, 3.05) is 0 Å². The minimum atomic E-state index is -1.02. The lowest BCUT2D eigenvalue weighted by molar-refractivity contribution is 0.0564. The molecule has 4 heteroatoms. The summed E-state index contributed by atoms with van der Waals surface area (Å²) in [7, 11) is 0. The van der Waals surface area contributed by atoms with Crippen LogP contribution < -0.4 is 0 Å². The van der Waals surface area contributed by atoms with Crippen LogP contribution in [0.2, 0.25) is 5.02 Å². The Morgan fingerprint density at radius 2 is 1.90 bits per heavy atom. The Balaban J connectivity index is 2.19. The summed E-state index contributed by atoms with van der Waals surface area (Å²) < 4.78 is 2.00. The first-order valence-corrected chi connectivity index (χ1v) is 7.87. The van der Waals surface area contributed by atoms with Crippen LogP contribution in [-0.4, -0.2) is 14.9 Å². The molecule has 0 saturated heterocycles. The zero-order valence-electron chi connectivity index (χ0n) is 12.9. The maximum atomic E-state index is 10.7. The summed E-state index contributed by atoms with van der Waals surface area (Å²) in [6.07, 6.45) is 4.55. The topological polar surface area (TPSA) is 38.0 Å². The summed E-state index contributed by atoms with van der Waals surface area (Å²) in [6, 6.07) is 9.81. The molecular weight excluding hydrogens is 284 g/mol. The minimum Gasteiger partial charge on any atom is -0.385 e. The first-order valence-electron chi connectivity index (χ1n) is 7.49. The van der Waals surface area contributed by atoms with Crippen LogP contribution in [0, 0.1) is 0 Å². The average molecular weight is 307 g/mol. The lowest BCUT2D eigenvalue weighted by Crippen LogP contribution is -2.25. The molecule has 2 aromatic rings. The van der Waals surface area contributed by atoms with Crippen molar-refractivity contribution in [2.24, 2.45) is 0 Å². The third-order valence-electron chi connectivity index (χ3n) is 3.96. The molecule has 1 heterocycles. The zero-order valence-corrected chi connectivity index (χ0v) is 13.6. The fourth-order valence-corrected chi connectivity index (χ4v) is 3.02. The van der Waals surface area contributed by atoms with Gasteiger partial charge in [-0.1, -0.05) is 43.6 Å². The number of halogens is 1. The summed E-state index contributed by atoms with van der Waals surface area (Å²) in [5.74, 6) is 0. The van der Waals surface area contributed by atoms with Crippen molar-refractivity contribution in [3.05, 3.63) is 52.8 Å². The van der Waals surface area contributed by atoms with Crippen LogP contribution in [0.3, 0.4) is 0 Å². The van der Waals surface area contributed by atoms with Gasteiger partial charge in [-0.3, -0.25) is 4.68 Å². The van der Waals surface area contributed by atoms with Gasteiger partial charge in [-0.15, -0.1) is 0 Å². The largest absolute Gasteiger partial charge is 0.385 e. The minimum absolute atomic E-state index is 0.420. The standard InChI is InChI=1S/C17H23ClN2O/c1-4-14(5-2)20-11-10-13(19-20)12-17(3,21)15-8-6-7-9-16(15)18/h6-11,14,21H,4-5,12H2,1-3H3. The van der Waals surface area contributed by atoms with Gasteiger partial charge in [0, 0.05) is 23.2 Å². The van der Waals surface area contributed by atoms with E-state index in [4.69, 9.17) is 11.6 Å². The molecule has 1 aromatic heterocycles. The van der Waals surface area contributed by atoms with Crippen molar-refractivity contribution in [1.29, 1.82) is 0 Å². The van der Waals surface area contributed by atoms with E-state index in [2.05, 4.69) is 18.9 Å². The number of aliphatic hydroxyl groups is 1. The summed E-state index contributed by atoms with van der Waals surface area (Å²) in [5, 5.41) is 15.9. The second-order valence-corrected chi connectivity index (χ2v) is 6.10. The van der Waals surface area contributed by atoms with E-state index in [-0.39, 0.29) is 0 Å². The molecule has 2 rings (SSSR count). The Kier molecular flexibility index (Phi) is 5.07. The molecular formula is C17H23ClN2O. The number of nitrogens with zero attached hydrogens (tertiary/aromatic N) is 2. The molecule has 0 aliphatic heterocycles. The fourth-order valence-electron chi connectivity index (χ4n) is 2.68. The molecule has 21 heavy (non-hydrogen) atoms. The molecule has 0 saturated carbocycles. The van der Waals surface area contributed by atoms with E-state index in [1.165, 1.54) is 0 Å². The number of aromatic nitrogens is 2. The smallest absolute Gasteiger partial charge is 0.0938 e. The van der Waals surface area contributed by atoms with Gasteiger partial charge in [-0.2, -0.15) is 5.10 Å². The Labute approximate surface area is 131 Å². The Bertz CT molecular complexity index is 588. The van der Waals surface area contributed by atoms with Crippen LogP contribution in [0.15, 0.2) is 36.5 Å². The van der Waals surface area contributed by atoms with Crippen LogP contribution in [-0.2, 0) is 12.0 Å². The van der Waals surface area contributed by atoms with Crippen LogP contribution in [0.4, 0.5) is 0 Å². The molecule has 0 spiro atoms. The lowest BCUT2D eigenvalue weighted by Gasteiger charge is -2.24. The van der Waals surface area contributed by atoms with Gasteiger partial charge in [0.2, 0.25) is 0 Å². The predicted octanol–water partition coefficient (Wildman–Crippen LogP) is 4.35. The summed E-state index contributed by atoms with van der Waals surface area (Å²) in [4.78, 5) is 0. The van der Waals surface area contributed by atoms with E-state index in [1.807, 2.05) is 35.1 Å². The molecule has 0 fully saturated rings. The molecule has 0 aliphatic rings. The first-order chi connectivity index (χ1) is 9.97. The highest BCUT2D eigenvalue weighted by Crippen LogP contribution is 2.30. The first kappa shape index (κ1) is 16.1. The quantitative estimate of drug-likeness (QED) is 0.861. The Morgan fingerprint density at radius 1 is 1.24 bits per heavy atom. The van der Waals surface area contributed by atoms with Crippen molar-refractivity contribution >= 4 is 11.6 Å². The van der Waals surface area contributed by atoms with Crippen LogP contribution in [0.1, 0.15) is 50.9 Å². The van der Waals surface area contributed by atoms with E-state index < -0.39 is 5.60 Å². The van der Waals surface area contributed by atoms with Crippen LogP contribution in [0.25, 0.3) is 0 Å². The highest BCUT2D eigenvalue weighted by molar-refractivity contribution is 6.31. The van der Waals surface area contributed by atoms with Crippen molar-refractivity contribution < 1.29 is 5.11 Å². The molecule has 0 amide bonds. The van der Waals surface area contributed by atoms with Crippen molar-refractivity contribution in [1.82, 2.24) is 9.78 Å². The van der Waals surface area contributed by atoms with Crippen LogP contribution in [0.5, 0.6) is 0 Å². The fraction of sp³-hybridized carbons (Fsp3) is 0.471. The second-order valence-electron chi connectivity index (χ2n) is 5.69. The van der Waals surface area contributed by atoms with Crippen molar-refractivity contribution in [3.8, 4) is 0 Å². The van der Waals surface area contributed by atoms with E-state index in [0.717, 1.165) is 24.1 Å². The predicted molar refractivity (Wildman–Crippen MR) is 86.6 cm³/mol. The summed E-state index contributed by atoms with van der Waals surface area (Å²) in [5.41, 5.74) is 0.599. The van der Waals surface area contributed by atoms with Crippen molar-refractivity contribution in [2.45, 2.75) is 51.7 Å². The number of hydrogen-bond acceptors (Lipinski definition) is 2. The average Bonchev–Trinajstić information content (AvgIpc) is 2.88. The van der Waals surface area contributed by atoms with Gasteiger partial charge in [-0.25, -0.2) is 0 Å². The summed E-state index contributed by atoms with van der Waals surface area (Å²) in [6.45, 7) is 6.11. The molecule has 1 N–H and O–H groups in total. The zero-order chi connectivity index (χ0) is 15.5. The molecule has 1 unspecified atom stereocenters. The van der Waals surface area contributed by atoms with Gasteiger partial charge in [0.1, 0.15) is 0 Å². The molecule has 114 valence electrons. The maximum absolute atomic E-state index is 10.7. The summed E-state index contributed by atoms with van der Waals surface area (Å²) >= 11 is 6.19. The van der Waals surface area contributed by atoms with Crippen LogP contribution >= 0.6 is 11.6 Å². The van der Waals surface area contributed by atoms with Gasteiger partial charge in [0.05, 0.1) is 17.3 Å². The Morgan fingerprint density at radius 3 is 2.52 bits per heavy atom. The Hall–Kier alpha value is -1.32. The van der Waals surface area contributed by atoms with Gasteiger partial charge in [-0.05, 0) is 31.9 Å². The number of benzene rings is 1. The van der Waals surface area contributed by atoms with Gasteiger partial charge < -0.3 is 5.11 Å². The number of hydrogen-bond donors (Lipinski definition) is 1. The molecule has 1 atom stereocenters. The second kappa shape index (κ2) is 6.63. The molecule has 0 bridgehead atoms. The number of rotatable bonds is 6. The van der Waals surface area contributed by atoms with E-state index in [0.29, 0.717) is 17.5 Å². The highest BCUT2D eigenvalue weighted by atomic mass is 35.5. The molecule has 1 aromatic carbocycles. The van der Waals surface area contributed by atoms with Gasteiger partial charge >= 0.3 is 0 Å². The highest BCUT2D eigenvalue weighted by Gasteiger charge is 2.27. The SMILES string of the molecule is CCC(CC)n1ccc(CC(C)(O)c2ccccc2Cl)n1.